The zero-order chi connectivity index (χ0) is 41.0. The summed E-state index contributed by atoms with van der Waals surface area (Å²) in [7, 11) is 0. The van der Waals surface area contributed by atoms with Crippen molar-refractivity contribution in [2.24, 2.45) is 0 Å². The SMILES string of the molecule is CCOC(=O)C1=C(c2cc3ccc(N(CC)CC)cc3oc2=O)NC(c2cc3ccc(N(CC)CC)cc3oc2=O)=C(C(=O)OCC)C1c1cccc([N+](=O)[O-])c1. The molecule has 14 nitrogen and oxygen atoms in total. The number of nitrogens with one attached hydrogen (secondary N) is 1. The van der Waals surface area contributed by atoms with E-state index in [0.717, 1.165) is 37.6 Å². The molecule has 57 heavy (non-hydrogen) atoms. The highest BCUT2D eigenvalue weighted by Gasteiger charge is 2.42. The van der Waals surface area contributed by atoms with Crippen LogP contribution in [0.25, 0.3) is 33.3 Å². The molecule has 0 unspecified atom stereocenters. The van der Waals surface area contributed by atoms with E-state index in [2.05, 4.69) is 15.1 Å². The molecule has 1 N–H and O–H groups in total. The second-order valence-electron chi connectivity index (χ2n) is 13.1. The Bertz CT molecular complexity index is 2410. The van der Waals surface area contributed by atoms with E-state index in [4.69, 9.17) is 18.3 Å². The van der Waals surface area contributed by atoms with Gasteiger partial charge in [0.25, 0.3) is 5.69 Å². The molecule has 0 spiro atoms. The molecule has 0 radical (unpaired) electrons. The fourth-order valence-electron chi connectivity index (χ4n) is 7.25. The van der Waals surface area contributed by atoms with Crippen LogP contribution < -0.4 is 26.4 Å². The Morgan fingerprint density at radius 3 is 1.54 bits per heavy atom. The molecule has 2 aromatic heterocycles. The number of hydrogen-bond donors (Lipinski definition) is 1. The lowest BCUT2D eigenvalue weighted by Gasteiger charge is -2.32. The molecule has 1 aliphatic rings. The number of carbonyl (C=O) groups excluding carboxylic acids is 2. The minimum atomic E-state index is -1.45. The van der Waals surface area contributed by atoms with Crippen LogP contribution in [0.4, 0.5) is 17.1 Å². The number of hydrogen-bond acceptors (Lipinski definition) is 13. The predicted octanol–water partition coefficient (Wildman–Crippen LogP) is 7.14. The highest BCUT2D eigenvalue weighted by atomic mass is 16.6. The molecular weight excluding hydrogens is 732 g/mol. The summed E-state index contributed by atoms with van der Waals surface area (Å²) in [5.74, 6) is -3.30. The van der Waals surface area contributed by atoms with E-state index >= 15 is 0 Å². The number of carbonyl (C=O) groups is 2. The predicted molar refractivity (Wildman–Crippen MR) is 218 cm³/mol. The molecule has 296 valence electrons. The maximum absolute atomic E-state index is 14.2. The van der Waals surface area contributed by atoms with Crippen LogP contribution in [-0.4, -0.2) is 56.3 Å². The number of nitro benzene ring substituents is 1. The van der Waals surface area contributed by atoms with Gasteiger partial charge in [-0.2, -0.15) is 0 Å². The van der Waals surface area contributed by atoms with Crippen LogP contribution in [-0.2, 0) is 19.1 Å². The van der Waals surface area contributed by atoms with Crippen LogP contribution in [0.3, 0.4) is 0 Å². The van der Waals surface area contributed by atoms with Gasteiger partial charge in [0.15, 0.2) is 0 Å². The third-order valence-electron chi connectivity index (χ3n) is 10.0. The molecule has 0 bridgehead atoms. The van der Waals surface area contributed by atoms with Crippen molar-refractivity contribution in [3.63, 3.8) is 0 Å². The summed E-state index contributed by atoms with van der Waals surface area (Å²) in [6, 6.07) is 19.3. The van der Waals surface area contributed by atoms with Gasteiger partial charge in [-0.3, -0.25) is 10.1 Å². The van der Waals surface area contributed by atoms with Crippen LogP contribution in [0.1, 0.15) is 64.2 Å². The first-order valence-corrected chi connectivity index (χ1v) is 19.0. The van der Waals surface area contributed by atoms with Crippen molar-refractivity contribution < 1.29 is 32.8 Å². The van der Waals surface area contributed by atoms with Gasteiger partial charge >= 0.3 is 23.2 Å². The highest BCUT2D eigenvalue weighted by molar-refractivity contribution is 6.11. The molecule has 14 heteroatoms. The Kier molecular flexibility index (Phi) is 11.9. The van der Waals surface area contributed by atoms with Gasteiger partial charge in [-0.1, -0.05) is 12.1 Å². The Labute approximate surface area is 328 Å². The quantitative estimate of drug-likeness (QED) is 0.0522. The van der Waals surface area contributed by atoms with E-state index in [9.17, 15) is 29.3 Å². The average Bonchev–Trinajstić information content (AvgIpc) is 3.20. The number of dihydropyridines is 1. The maximum atomic E-state index is 14.2. The lowest BCUT2D eigenvalue weighted by atomic mass is 9.78. The van der Waals surface area contributed by atoms with Gasteiger partial charge in [-0.15, -0.1) is 0 Å². The first-order valence-electron chi connectivity index (χ1n) is 19.0. The summed E-state index contributed by atoms with van der Waals surface area (Å²) >= 11 is 0. The minimum absolute atomic E-state index is 0.0905. The fourth-order valence-corrected chi connectivity index (χ4v) is 7.25. The molecule has 3 heterocycles. The van der Waals surface area contributed by atoms with E-state index in [1.807, 2.05) is 39.8 Å². The molecule has 5 aromatic rings. The summed E-state index contributed by atoms with van der Waals surface area (Å²) in [4.78, 5) is 72.4. The van der Waals surface area contributed by atoms with Crippen LogP contribution >= 0.6 is 0 Å². The number of fused-ring (bicyclic) bond motifs is 2. The number of nitrogens with zero attached hydrogens (tertiary/aromatic N) is 3. The third-order valence-corrected chi connectivity index (χ3v) is 10.0. The van der Waals surface area contributed by atoms with Crippen molar-refractivity contribution in [1.29, 1.82) is 0 Å². The topological polar surface area (TPSA) is 175 Å². The lowest BCUT2D eigenvalue weighted by molar-refractivity contribution is -0.384. The average molecular weight is 777 g/mol. The third kappa shape index (κ3) is 7.75. The molecule has 0 saturated heterocycles. The highest BCUT2D eigenvalue weighted by Crippen LogP contribution is 2.45. The summed E-state index contributed by atoms with van der Waals surface area (Å²) in [5.41, 5.74) is -0.588. The fraction of sp³-hybridized carbons (Fsp3) is 0.302. The van der Waals surface area contributed by atoms with Gasteiger partial charge in [0.05, 0.1) is 57.7 Å². The Morgan fingerprint density at radius 1 is 0.684 bits per heavy atom. The summed E-state index contributed by atoms with van der Waals surface area (Å²) < 4.78 is 22.9. The summed E-state index contributed by atoms with van der Waals surface area (Å²) in [5, 5.41) is 16.2. The van der Waals surface area contributed by atoms with Gasteiger partial charge in [-0.25, -0.2) is 19.2 Å². The van der Waals surface area contributed by atoms with E-state index in [1.165, 1.54) is 24.3 Å². The first-order chi connectivity index (χ1) is 27.5. The number of benzene rings is 3. The summed E-state index contributed by atoms with van der Waals surface area (Å²) in [6.45, 7) is 13.9. The number of nitro groups is 1. The van der Waals surface area contributed by atoms with Crippen LogP contribution in [0.5, 0.6) is 0 Å². The smallest absolute Gasteiger partial charge is 0.345 e. The first kappa shape index (κ1) is 40.0. The van der Waals surface area contributed by atoms with E-state index in [0.29, 0.717) is 21.9 Å². The Morgan fingerprint density at radius 2 is 1.14 bits per heavy atom. The molecule has 1 aliphatic heterocycles. The monoisotopic (exact) mass is 776 g/mol. The Balaban J connectivity index is 1.70. The Hall–Kier alpha value is -6.70. The molecule has 0 saturated carbocycles. The zero-order valence-electron chi connectivity index (χ0n) is 32.7. The van der Waals surface area contributed by atoms with Crippen molar-refractivity contribution in [2.45, 2.75) is 47.5 Å². The van der Waals surface area contributed by atoms with Crippen molar-refractivity contribution in [3.8, 4) is 0 Å². The van der Waals surface area contributed by atoms with Gasteiger partial charge < -0.3 is 33.4 Å². The van der Waals surface area contributed by atoms with Crippen molar-refractivity contribution in [3.05, 3.63) is 132 Å². The molecule has 0 atom stereocenters. The van der Waals surface area contributed by atoms with Crippen molar-refractivity contribution >= 4 is 62.3 Å². The molecule has 0 aliphatic carbocycles. The van der Waals surface area contributed by atoms with Crippen molar-refractivity contribution in [1.82, 2.24) is 5.32 Å². The van der Waals surface area contributed by atoms with Crippen molar-refractivity contribution in [2.75, 3.05) is 49.2 Å². The number of non-ortho nitro benzene ring substituents is 1. The minimum Gasteiger partial charge on any atom is -0.463 e. The second-order valence-corrected chi connectivity index (χ2v) is 13.1. The number of esters is 2. The lowest BCUT2D eigenvalue weighted by Crippen LogP contribution is -2.35. The van der Waals surface area contributed by atoms with Crippen LogP contribution in [0.2, 0.25) is 0 Å². The standard InChI is InChI=1S/C43H44N4O10/c1-7-45(8-2)28-18-16-25-21-31(40(48)56-33(25)23-28)38-36(42(50)54-11-5)35(27-14-13-15-30(20-27)47(52)53)37(43(51)55-12-6)39(44-38)32-22-26-17-19-29(46(9-3)10-4)24-34(26)57-41(32)49/h13-24,35,44H,7-12H2,1-6H3. The summed E-state index contributed by atoms with van der Waals surface area (Å²) in [6.07, 6.45) is 0. The molecular formula is C43H44N4O10. The zero-order valence-corrected chi connectivity index (χ0v) is 32.7. The van der Waals surface area contributed by atoms with E-state index < -0.39 is 34.0 Å². The van der Waals surface area contributed by atoms with E-state index in [-0.39, 0.29) is 58.1 Å². The van der Waals surface area contributed by atoms with Gasteiger partial charge in [0.1, 0.15) is 11.2 Å². The number of ether oxygens (including phenoxy) is 2. The molecule has 0 amide bonds. The van der Waals surface area contributed by atoms with Gasteiger partial charge in [-0.05, 0) is 83.5 Å². The second kappa shape index (κ2) is 17.0. The van der Waals surface area contributed by atoms with Crippen LogP contribution in [0, 0.1) is 10.1 Å². The normalized spacial score (nSPS) is 13.2. The largest absolute Gasteiger partial charge is 0.463 e. The maximum Gasteiger partial charge on any atom is 0.345 e. The van der Waals surface area contributed by atoms with E-state index in [1.54, 1.807) is 50.2 Å². The van der Waals surface area contributed by atoms with Crippen LogP contribution in [0.15, 0.2) is 102 Å². The molecule has 3 aromatic carbocycles. The number of anilines is 2. The molecule has 0 fully saturated rings. The molecule has 6 rings (SSSR count). The van der Waals surface area contributed by atoms with Gasteiger partial charge in [0, 0.05) is 72.6 Å². The van der Waals surface area contributed by atoms with Gasteiger partial charge in [0.2, 0.25) is 0 Å². The number of rotatable bonds is 14.